The van der Waals surface area contributed by atoms with Crippen LogP contribution in [0.3, 0.4) is 0 Å². The van der Waals surface area contributed by atoms with Crippen molar-refractivity contribution in [3.8, 4) is 0 Å². The van der Waals surface area contributed by atoms with Gasteiger partial charge in [0, 0.05) is 6.54 Å². The van der Waals surface area contributed by atoms with Gasteiger partial charge in [-0.05, 0) is 25.7 Å². The molecule has 5 nitrogen and oxygen atoms in total. The number of hydrogen-bond donors (Lipinski definition) is 1. The Labute approximate surface area is 102 Å². The summed E-state index contributed by atoms with van der Waals surface area (Å²) in [6, 6.07) is -0.450. The van der Waals surface area contributed by atoms with Gasteiger partial charge in [0.1, 0.15) is 6.04 Å². The lowest BCUT2D eigenvalue weighted by atomic mass is 9.92. The van der Waals surface area contributed by atoms with Crippen LogP contribution in [0.15, 0.2) is 0 Å². The van der Waals surface area contributed by atoms with Crippen molar-refractivity contribution < 1.29 is 14.3 Å². The van der Waals surface area contributed by atoms with E-state index in [1.165, 1.54) is 7.11 Å². The summed E-state index contributed by atoms with van der Waals surface area (Å²) < 4.78 is 4.72. The van der Waals surface area contributed by atoms with Crippen LogP contribution in [0.1, 0.15) is 39.5 Å². The highest BCUT2D eigenvalue weighted by Crippen LogP contribution is 2.24. The molecule has 1 atom stereocenters. The van der Waals surface area contributed by atoms with Crippen molar-refractivity contribution in [3.63, 3.8) is 0 Å². The lowest BCUT2D eigenvalue weighted by Crippen LogP contribution is -2.57. The molecule has 0 aromatic heterocycles. The summed E-state index contributed by atoms with van der Waals surface area (Å²) in [5.74, 6) is -0.471. The van der Waals surface area contributed by atoms with Crippen molar-refractivity contribution in [2.75, 3.05) is 13.7 Å². The Morgan fingerprint density at radius 3 is 2.47 bits per heavy atom. The zero-order valence-electron chi connectivity index (χ0n) is 10.9. The molecule has 2 N–H and O–H groups in total. The van der Waals surface area contributed by atoms with E-state index in [2.05, 4.69) is 0 Å². The molecule has 0 aliphatic carbocycles. The first kappa shape index (κ1) is 14.0. The van der Waals surface area contributed by atoms with Crippen molar-refractivity contribution in [2.45, 2.75) is 51.1 Å². The first-order chi connectivity index (χ1) is 8.00. The molecule has 1 heterocycles. The molecule has 98 valence electrons. The second kappa shape index (κ2) is 5.49. The Balaban J connectivity index is 2.84. The van der Waals surface area contributed by atoms with Gasteiger partial charge in [0.2, 0.25) is 5.91 Å². The fourth-order valence-corrected chi connectivity index (χ4v) is 2.23. The summed E-state index contributed by atoms with van der Waals surface area (Å²) in [7, 11) is 1.35. The minimum Gasteiger partial charge on any atom is -0.467 e. The van der Waals surface area contributed by atoms with E-state index < -0.39 is 11.6 Å². The SMILES string of the molecule is CCC(N)(CC)C(=O)N1CCCC1C(=O)OC. The Morgan fingerprint density at radius 2 is 2.00 bits per heavy atom. The minimum atomic E-state index is -0.851. The maximum Gasteiger partial charge on any atom is 0.328 e. The van der Waals surface area contributed by atoms with Gasteiger partial charge in [-0.1, -0.05) is 13.8 Å². The average molecular weight is 242 g/mol. The van der Waals surface area contributed by atoms with Crippen LogP contribution in [0.25, 0.3) is 0 Å². The Bertz CT molecular complexity index is 300. The summed E-state index contributed by atoms with van der Waals surface area (Å²) >= 11 is 0. The molecule has 0 aromatic rings. The fraction of sp³-hybridized carbons (Fsp3) is 0.833. The van der Waals surface area contributed by atoms with Crippen LogP contribution in [0.2, 0.25) is 0 Å². The van der Waals surface area contributed by atoms with Gasteiger partial charge >= 0.3 is 5.97 Å². The van der Waals surface area contributed by atoms with Gasteiger partial charge in [0.15, 0.2) is 0 Å². The summed E-state index contributed by atoms with van der Waals surface area (Å²) in [4.78, 5) is 25.5. The highest BCUT2D eigenvalue weighted by molar-refractivity contribution is 5.90. The van der Waals surface area contributed by atoms with Gasteiger partial charge in [-0.25, -0.2) is 4.79 Å². The molecule has 0 saturated carbocycles. The number of likely N-dealkylation sites (tertiary alicyclic amines) is 1. The molecule has 17 heavy (non-hydrogen) atoms. The second-order valence-corrected chi connectivity index (χ2v) is 4.54. The first-order valence-corrected chi connectivity index (χ1v) is 6.18. The predicted octanol–water partition coefficient (Wildman–Crippen LogP) is 0.668. The van der Waals surface area contributed by atoms with Gasteiger partial charge in [-0.2, -0.15) is 0 Å². The largest absolute Gasteiger partial charge is 0.467 e. The van der Waals surface area contributed by atoms with Crippen LogP contribution >= 0.6 is 0 Å². The van der Waals surface area contributed by atoms with Crippen molar-refractivity contribution in [1.29, 1.82) is 0 Å². The van der Waals surface area contributed by atoms with E-state index in [1.54, 1.807) is 4.90 Å². The number of carbonyl (C=O) groups excluding carboxylic acids is 2. The maximum absolute atomic E-state index is 12.4. The number of esters is 1. The average Bonchev–Trinajstić information content (AvgIpc) is 2.84. The van der Waals surface area contributed by atoms with Crippen LogP contribution < -0.4 is 5.73 Å². The molecule has 1 fully saturated rings. The van der Waals surface area contributed by atoms with E-state index in [9.17, 15) is 9.59 Å². The monoisotopic (exact) mass is 242 g/mol. The van der Waals surface area contributed by atoms with E-state index in [1.807, 2.05) is 13.8 Å². The molecule has 5 heteroatoms. The Kier molecular flexibility index (Phi) is 4.51. The van der Waals surface area contributed by atoms with Crippen molar-refractivity contribution in [2.24, 2.45) is 5.73 Å². The van der Waals surface area contributed by atoms with Crippen molar-refractivity contribution >= 4 is 11.9 Å². The predicted molar refractivity (Wildman–Crippen MR) is 64.3 cm³/mol. The number of carbonyl (C=O) groups is 2. The molecule has 1 amide bonds. The molecule has 1 aliphatic heterocycles. The number of methoxy groups -OCH3 is 1. The van der Waals surface area contributed by atoms with Gasteiger partial charge in [-0.3, -0.25) is 4.79 Å². The summed E-state index contributed by atoms with van der Waals surface area (Å²) in [6.07, 6.45) is 2.65. The molecule has 1 saturated heterocycles. The normalized spacial score (nSPS) is 20.5. The highest BCUT2D eigenvalue weighted by Gasteiger charge is 2.42. The topological polar surface area (TPSA) is 72.6 Å². The van der Waals surface area contributed by atoms with Crippen LogP contribution in [0.5, 0.6) is 0 Å². The Morgan fingerprint density at radius 1 is 1.41 bits per heavy atom. The van der Waals surface area contributed by atoms with Crippen molar-refractivity contribution in [1.82, 2.24) is 4.90 Å². The molecule has 0 aromatic carbocycles. The molecular formula is C12H22N2O3. The van der Waals surface area contributed by atoms with Gasteiger partial charge < -0.3 is 15.4 Å². The second-order valence-electron chi connectivity index (χ2n) is 4.54. The standard InChI is InChI=1S/C12H22N2O3/c1-4-12(13,5-2)11(16)14-8-6-7-9(14)10(15)17-3/h9H,4-8,13H2,1-3H3. The number of nitrogens with two attached hydrogens (primary N) is 1. The van der Waals surface area contributed by atoms with Crippen molar-refractivity contribution in [3.05, 3.63) is 0 Å². The van der Waals surface area contributed by atoms with E-state index in [0.717, 1.165) is 6.42 Å². The lowest BCUT2D eigenvalue weighted by molar-refractivity contribution is -0.153. The summed E-state index contributed by atoms with van der Waals surface area (Å²) in [6.45, 7) is 4.38. The number of hydrogen-bond acceptors (Lipinski definition) is 4. The van der Waals surface area contributed by atoms with Crippen LogP contribution in [0, 0.1) is 0 Å². The van der Waals surface area contributed by atoms with Crippen LogP contribution in [-0.4, -0.2) is 42.0 Å². The van der Waals surface area contributed by atoms with E-state index in [4.69, 9.17) is 10.5 Å². The third-order valence-electron chi connectivity index (χ3n) is 3.67. The minimum absolute atomic E-state index is 0.129. The third kappa shape index (κ3) is 2.60. The van der Waals surface area contributed by atoms with Crippen LogP contribution in [0.4, 0.5) is 0 Å². The quantitative estimate of drug-likeness (QED) is 0.735. The van der Waals surface area contributed by atoms with E-state index >= 15 is 0 Å². The number of nitrogens with zero attached hydrogens (tertiary/aromatic N) is 1. The first-order valence-electron chi connectivity index (χ1n) is 6.18. The molecule has 0 bridgehead atoms. The molecular weight excluding hydrogens is 220 g/mol. The highest BCUT2D eigenvalue weighted by atomic mass is 16.5. The smallest absolute Gasteiger partial charge is 0.328 e. The zero-order valence-corrected chi connectivity index (χ0v) is 10.9. The van der Waals surface area contributed by atoms with E-state index in [0.29, 0.717) is 25.8 Å². The summed E-state index contributed by atoms with van der Waals surface area (Å²) in [5.41, 5.74) is 5.23. The number of amides is 1. The molecule has 1 rings (SSSR count). The maximum atomic E-state index is 12.4. The summed E-state index contributed by atoms with van der Waals surface area (Å²) in [5, 5.41) is 0. The molecule has 1 aliphatic rings. The molecule has 0 spiro atoms. The molecule has 1 unspecified atom stereocenters. The van der Waals surface area contributed by atoms with Gasteiger partial charge in [0.25, 0.3) is 0 Å². The Hall–Kier alpha value is -1.10. The third-order valence-corrected chi connectivity index (χ3v) is 3.67. The molecule has 0 radical (unpaired) electrons. The number of ether oxygens (including phenoxy) is 1. The lowest BCUT2D eigenvalue weighted by Gasteiger charge is -2.33. The number of rotatable bonds is 4. The van der Waals surface area contributed by atoms with E-state index in [-0.39, 0.29) is 11.9 Å². The van der Waals surface area contributed by atoms with Crippen LogP contribution in [-0.2, 0) is 14.3 Å². The van der Waals surface area contributed by atoms with Gasteiger partial charge in [-0.15, -0.1) is 0 Å². The zero-order chi connectivity index (χ0) is 13.1. The van der Waals surface area contributed by atoms with Gasteiger partial charge in [0.05, 0.1) is 12.6 Å². The fourth-order valence-electron chi connectivity index (χ4n) is 2.23.